The Morgan fingerprint density at radius 1 is 1.17 bits per heavy atom. The molecule has 0 aliphatic rings. The minimum absolute atomic E-state index is 0.0770. The van der Waals surface area contributed by atoms with Crippen LogP contribution in [0.2, 0.25) is 0 Å². The average Bonchev–Trinajstić information content (AvgIpc) is 2.45. The molecule has 2 heterocycles. The Balaban J connectivity index is 2.20. The van der Waals surface area contributed by atoms with Gasteiger partial charge in [0.1, 0.15) is 5.75 Å². The Morgan fingerprint density at radius 2 is 1.94 bits per heavy atom. The normalized spacial score (nSPS) is 10.1. The van der Waals surface area contributed by atoms with E-state index >= 15 is 0 Å². The molecule has 0 saturated heterocycles. The van der Waals surface area contributed by atoms with E-state index in [9.17, 15) is 4.79 Å². The van der Waals surface area contributed by atoms with Gasteiger partial charge >= 0.3 is 0 Å². The van der Waals surface area contributed by atoms with E-state index < -0.39 is 0 Å². The summed E-state index contributed by atoms with van der Waals surface area (Å²) in [6.07, 6.45) is 7.26. The molecule has 2 aromatic heterocycles. The summed E-state index contributed by atoms with van der Waals surface area (Å²) in [5, 5.41) is 0. The van der Waals surface area contributed by atoms with Crippen LogP contribution in [0.4, 0.5) is 0 Å². The number of carbonyl (C=O) groups excluding carboxylic acids is 1. The molecule has 92 valence electrons. The van der Waals surface area contributed by atoms with Crippen molar-refractivity contribution < 1.29 is 9.53 Å². The second-order valence-electron chi connectivity index (χ2n) is 3.82. The van der Waals surface area contributed by atoms with Gasteiger partial charge in [0.15, 0.2) is 5.78 Å². The second-order valence-corrected chi connectivity index (χ2v) is 3.82. The van der Waals surface area contributed by atoms with Crippen molar-refractivity contribution in [2.45, 2.75) is 13.3 Å². The fourth-order valence-corrected chi connectivity index (χ4v) is 1.51. The summed E-state index contributed by atoms with van der Waals surface area (Å²) in [5.41, 5.74) is 1.12. The van der Waals surface area contributed by atoms with Crippen LogP contribution in [0, 0.1) is 0 Å². The van der Waals surface area contributed by atoms with E-state index in [1.54, 1.807) is 43.0 Å². The van der Waals surface area contributed by atoms with E-state index in [-0.39, 0.29) is 5.78 Å². The fourth-order valence-electron chi connectivity index (χ4n) is 1.51. The average molecular weight is 242 g/mol. The molecule has 0 radical (unpaired) electrons. The molecule has 0 aromatic carbocycles. The molecule has 0 bridgehead atoms. The van der Waals surface area contributed by atoms with Gasteiger partial charge in [0.05, 0.1) is 12.8 Å². The van der Waals surface area contributed by atoms with Crippen LogP contribution < -0.4 is 4.74 Å². The van der Waals surface area contributed by atoms with Crippen LogP contribution in [0.3, 0.4) is 0 Å². The van der Waals surface area contributed by atoms with Gasteiger partial charge in [-0.1, -0.05) is 6.92 Å². The zero-order chi connectivity index (χ0) is 12.8. The van der Waals surface area contributed by atoms with Gasteiger partial charge in [-0.25, -0.2) is 0 Å². The predicted octanol–water partition coefficient (Wildman–Crippen LogP) is 2.50. The van der Waals surface area contributed by atoms with Crippen LogP contribution in [0.15, 0.2) is 43.0 Å². The summed E-state index contributed by atoms with van der Waals surface area (Å²) < 4.78 is 5.45. The van der Waals surface area contributed by atoms with E-state index in [1.807, 2.05) is 6.92 Å². The maximum Gasteiger partial charge on any atom is 0.194 e. The fraction of sp³-hybridized carbons (Fsp3) is 0.214. The van der Waals surface area contributed by atoms with Gasteiger partial charge in [-0.3, -0.25) is 14.8 Å². The number of nitrogens with zero attached hydrogens (tertiary/aromatic N) is 2. The maximum atomic E-state index is 12.1. The largest absolute Gasteiger partial charge is 0.492 e. The second kappa shape index (κ2) is 5.91. The van der Waals surface area contributed by atoms with E-state index in [4.69, 9.17) is 4.74 Å². The van der Waals surface area contributed by atoms with Gasteiger partial charge in [-0.05, 0) is 24.6 Å². The first-order valence-electron chi connectivity index (χ1n) is 5.84. The number of ketones is 1. The van der Waals surface area contributed by atoms with Crippen LogP contribution >= 0.6 is 0 Å². The molecule has 0 saturated carbocycles. The van der Waals surface area contributed by atoms with Gasteiger partial charge in [0.25, 0.3) is 0 Å². The molecule has 0 fully saturated rings. The van der Waals surface area contributed by atoms with Crippen molar-refractivity contribution in [3.8, 4) is 5.75 Å². The molecule has 0 unspecified atom stereocenters. The van der Waals surface area contributed by atoms with Gasteiger partial charge in [0.2, 0.25) is 0 Å². The van der Waals surface area contributed by atoms with Crippen LogP contribution in [0.1, 0.15) is 29.3 Å². The van der Waals surface area contributed by atoms with Crippen LogP contribution in [-0.2, 0) is 0 Å². The zero-order valence-electron chi connectivity index (χ0n) is 10.2. The number of hydrogen-bond acceptors (Lipinski definition) is 4. The summed E-state index contributed by atoms with van der Waals surface area (Å²) in [4.78, 5) is 20.1. The number of aromatic nitrogens is 2. The zero-order valence-corrected chi connectivity index (χ0v) is 10.2. The highest BCUT2D eigenvalue weighted by molar-refractivity contribution is 6.08. The number of rotatable bonds is 5. The van der Waals surface area contributed by atoms with Crippen molar-refractivity contribution in [3.05, 3.63) is 54.1 Å². The van der Waals surface area contributed by atoms with E-state index in [2.05, 4.69) is 9.97 Å². The third-order valence-corrected chi connectivity index (χ3v) is 2.39. The molecule has 0 spiro atoms. The highest BCUT2D eigenvalue weighted by Crippen LogP contribution is 2.14. The van der Waals surface area contributed by atoms with Crippen molar-refractivity contribution >= 4 is 5.78 Å². The quantitative estimate of drug-likeness (QED) is 0.756. The standard InChI is InChI=1S/C14H14N2O2/c1-2-7-18-13-8-12(9-16-10-13)14(17)11-3-5-15-6-4-11/h3-6,8-10H,2,7H2,1H3. The molecule has 2 aromatic rings. The minimum atomic E-state index is -0.0770. The maximum absolute atomic E-state index is 12.1. The Hall–Kier alpha value is -2.23. The molecule has 0 aliphatic carbocycles. The first kappa shape index (κ1) is 12.2. The van der Waals surface area contributed by atoms with Crippen molar-refractivity contribution in [1.29, 1.82) is 0 Å². The summed E-state index contributed by atoms with van der Waals surface area (Å²) in [6.45, 7) is 2.65. The Labute approximate surface area is 106 Å². The van der Waals surface area contributed by atoms with Crippen molar-refractivity contribution in [3.63, 3.8) is 0 Å². The third-order valence-electron chi connectivity index (χ3n) is 2.39. The molecule has 0 amide bonds. The molecular weight excluding hydrogens is 228 g/mol. The molecular formula is C14H14N2O2. The molecule has 4 nitrogen and oxygen atoms in total. The lowest BCUT2D eigenvalue weighted by Crippen LogP contribution is -2.03. The molecule has 0 aliphatic heterocycles. The summed E-state index contributed by atoms with van der Waals surface area (Å²) >= 11 is 0. The van der Waals surface area contributed by atoms with Gasteiger partial charge in [0, 0.05) is 29.7 Å². The SMILES string of the molecule is CCCOc1cncc(C(=O)c2ccncc2)c1. The predicted molar refractivity (Wildman–Crippen MR) is 67.7 cm³/mol. The highest BCUT2D eigenvalue weighted by atomic mass is 16.5. The molecule has 18 heavy (non-hydrogen) atoms. The van der Waals surface area contributed by atoms with Gasteiger partial charge in [-0.15, -0.1) is 0 Å². The topological polar surface area (TPSA) is 52.1 Å². The first-order valence-corrected chi connectivity index (χ1v) is 5.84. The Kier molecular flexibility index (Phi) is 4.02. The third kappa shape index (κ3) is 2.91. The van der Waals surface area contributed by atoms with Crippen molar-refractivity contribution in [2.24, 2.45) is 0 Å². The van der Waals surface area contributed by atoms with E-state index in [0.29, 0.717) is 23.5 Å². The first-order chi connectivity index (χ1) is 8.81. The van der Waals surface area contributed by atoms with Gasteiger partial charge in [-0.2, -0.15) is 0 Å². The van der Waals surface area contributed by atoms with Crippen molar-refractivity contribution in [2.75, 3.05) is 6.61 Å². The Bertz CT molecular complexity index is 526. The number of pyridine rings is 2. The smallest absolute Gasteiger partial charge is 0.194 e. The van der Waals surface area contributed by atoms with E-state index in [1.165, 1.54) is 0 Å². The molecule has 2 rings (SSSR count). The molecule has 0 N–H and O–H groups in total. The lowest BCUT2D eigenvalue weighted by atomic mass is 10.1. The summed E-state index contributed by atoms with van der Waals surface area (Å²) in [7, 11) is 0. The van der Waals surface area contributed by atoms with Crippen LogP contribution in [-0.4, -0.2) is 22.4 Å². The molecule has 0 atom stereocenters. The van der Waals surface area contributed by atoms with Crippen LogP contribution in [0.25, 0.3) is 0 Å². The molecule has 4 heteroatoms. The Morgan fingerprint density at radius 3 is 2.67 bits per heavy atom. The van der Waals surface area contributed by atoms with E-state index in [0.717, 1.165) is 6.42 Å². The minimum Gasteiger partial charge on any atom is -0.492 e. The van der Waals surface area contributed by atoms with Crippen molar-refractivity contribution in [1.82, 2.24) is 9.97 Å². The lowest BCUT2D eigenvalue weighted by Gasteiger charge is -2.05. The monoisotopic (exact) mass is 242 g/mol. The number of hydrogen-bond donors (Lipinski definition) is 0. The summed E-state index contributed by atoms with van der Waals surface area (Å²) in [6, 6.07) is 5.08. The van der Waals surface area contributed by atoms with Gasteiger partial charge < -0.3 is 4.74 Å². The lowest BCUT2D eigenvalue weighted by molar-refractivity contribution is 0.103. The number of ether oxygens (including phenoxy) is 1. The van der Waals surface area contributed by atoms with Crippen LogP contribution in [0.5, 0.6) is 5.75 Å². The highest BCUT2D eigenvalue weighted by Gasteiger charge is 2.10. The summed E-state index contributed by atoms with van der Waals surface area (Å²) in [5.74, 6) is 0.545. The number of carbonyl (C=O) groups is 1.